The normalized spacial score (nSPS) is 8.85. The third kappa shape index (κ3) is 2.83. The molecule has 1 aromatic rings. The maximum absolute atomic E-state index is 10.9. The van der Waals surface area contributed by atoms with Gasteiger partial charge in [-0.1, -0.05) is 12.1 Å². The molecular formula is C9H9N3O. The van der Waals surface area contributed by atoms with Crippen LogP contribution in [-0.2, 0) is 11.2 Å². The zero-order valence-electron chi connectivity index (χ0n) is 6.95. The lowest BCUT2D eigenvalue weighted by Crippen LogP contribution is -2.19. The van der Waals surface area contributed by atoms with Crippen molar-refractivity contribution in [3.05, 3.63) is 29.8 Å². The molecule has 1 rings (SSSR count). The second kappa shape index (κ2) is 4.12. The van der Waals surface area contributed by atoms with Gasteiger partial charge >= 0.3 is 0 Å². The van der Waals surface area contributed by atoms with Crippen molar-refractivity contribution in [2.75, 3.05) is 5.73 Å². The standard InChI is InChI=1S/C9H9N3O/c10-6-12-9(13)5-7-1-3-8(11)4-2-7/h1-4H,5,11H2,(H,12,13). The minimum absolute atomic E-state index is 0.202. The summed E-state index contributed by atoms with van der Waals surface area (Å²) >= 11 is 0. The molecule has 0 saturated carbocycles. The van der Waals surface area contributed by atoms with Gasteiger partial charge in [-0.2, -0.15) is 5.26 Å². The number of nitrogens with two attached hydrogens (primary N) is 1. The predicted octanol–water partition coefficient (Wildman–Crippen LogP) is 0.409. The van der Waals surface area contributed by atoms with Gasteiger partial charge in [0.15, 0.2) is 6.19 Å². The monoisotopic (exact) mass is 175 g/mol. The fraction of sp³-hybridized carbons (Fsp3) is 0.111. The summed E-state index contributed by atoms with van der Waals surface area (Å²) in [5.74, 6) is -0.313. The Labute approximate surface area is 76.0 Å². The van der Waals surface area contributed by atoms with Crippen LogP contribution >= 0.6 is 0 Å². The third-order valence-corrected chi connectivity index (χ3v) is 1.54. The zero-order valence-corrected chi connectivity index (χ0v) is 6.95. The van der Waals surface area contributed by atoms with Crippen molar-refractivity contribution in [3.63, 3.8) is 0 Å². The van der Waals surface area contributed by atoms with E-state index < -0.39 is 0 Å². The molecule has 0 saturated heterocycles. The van der Waals surface area contributed by atoms with Crippen molar-refractivity contribution in [2.24, 2.45) is 0 Å². The summed E-state index contributed by atoms with van der Waals surface area (Å²) in [7, 11) is 0. The van der Waals surface area contributed by atoms with E-state index in [1.165, 1.54) is 0 Å². The Morgan fingerprint density at radius 1 is 1.46 bits per heavy atom. The van der Waals surface area contributed by atoms with Crippen LogP contribution in [0.4, 0.5) is 5.69 Å². The number of anilines is 1. The number of nitrogens with one attached hydrogen (secondary N) is 1. The van der Waals surface area contributed by atoms with Gasteiger partial charge in [0.1, 0.15) is 0 Å². The number of nitrogen functional groups attached to an aromatic ring is 1. The van der Waals surface area contributed by atoms with E-state index in [2.05, 4.69) is 0 Å². The van der Waals surface area contributed by atoms with Crippen LogP contribution in [0.1, 0.15) is 5.56 Å². The van der Waals surface area contributed by atoms with Crippen LogP contribution in [0.5, 0.6) is 0 Å². The summed E-state index contributed by atoms with van der Waals surface area (Å²) in [5.41, 5.74) is 6.96. The number of carbonyl (C=O) groups is 1. The van der Waals surface area contributed by atoms with E-state index in [9.17, 15) is 4.79 Å². The molecule has 0 bridgehead atoms. The van der Waals surface area contributed by atoms with E-state index in [-0.39, 0.29) is 12.3 Å². The van der Waals surface area contributed by atoms with E-state index in [0.29, 0.717) is 5.69 Å². The van der Waals surface area contributed by atoms with Gasteiger partial charge in [0.25, 0.3) is 0 Å². The summed E-state index contributed by atoms with van der Waals surface area (Å²) in [4.78, 5) is 10.9. The van der Waals surface area contributed by atoms with Crippen LogP contribution in [0, 0.1) is 11.5 Å². The van der Waals surface area contributed by atoms with Crippen LogP contribution in [-0.4, -0.2) is 5.91 Å². The van der Waals surface area contributed by atoms with Crippen LogP contribution in [0.2, 0.25) is 0 Å². The van der Waals surface area contributed by atoms with Gasteiger partial charge in [-0.3, -0.25) is 10.1 Å². The molecule has 0 radical (unpaired) electrons. The molecule has 0 aliphatic heterocycles. The van der Waals surface area contributed by atoms with Gasteiger partial charge in [0.05, 0.1) is 6.42 Å². The molecular weight excluding hydrogens is 166 g/mol. The number of nitrogens with zero attached hydrogens (tertiary/aromatic N) is 1. The Kier molecular flexibility index (Phi) is 2.87. The lowest BCUT2D eigenvalue weighted by molar-refractivity contribution is -0.119. The third-order valence-electron chi connectivity index (χ3n) is 1.54. The predicted molar refractivity (Wildman–Crippen MR) is 48.3 cm³/mol. The molecule has 0 aliphatic carbocycles. The smallest absolute Gasteiger partial charge is 0.237 e. The van der Waals surface area contributed by atoms with Gasteiger partial charge in [-0.15, -0.1) is 0 Å². The van der Waals surface area contributed by atoms with Crippen molar-refractivity contribution in [1.29, 1.82) is 5.26 Å². The van der Waals surface area contributed by atoms with Gasteiger partial charge in [0, 0.05) is 5.69 Å². The van der Waals surface area contributed by atoms with E-state index >= 15 is 0 Å². The number of benzene rings is 1. The summed E-state index contributed by atoms with van der Waals surface area (Å²) in [6.07, 6.45) is 1.78. The van der Waals surface area contributed by atoms with Crippen molar-refractivity contribution in [3.8, 4) is 6.19 Å². The fourth-order valence-corrected chi connectivity index (χ4v) is 0.927. The number of carbonyl (C=O) groups excluding carboxylic acids is 1. The average molecular weight is 175 g/mol. The first-order chi connectivity index (χ1) is 6.22. The van der Waals surface area contributed by atoms with E-state index in [1.54, 1.807) is 30.5 Å². The lowest BCUT2D eigenvalue weighted by Gasteiger charge is -1.98. The molecule has 0 unspecified atom stereocenters. The average Bonchev–Trinajstić information content (AvgIpc) is 2.09. The van der Waals surface area contributed by atoms with Crippen molar-refractivity contribution < 1.29 is 4.79 Å². The van der Waals surface area contributed by atoms with Gasteiger partial charge in [0.2, 0.25) is 5.91 Å². The summed E-state index contributed by atoms with van der Waals surface area (Å²) < 4.78 is 0. The maximum Gasteiger partial charge on any atom is 0.237 e. The van der Waals surface area contributed by atoms with E-state index in [0.717, 1.165) is 5.56 Å². The topological polar surface area (TPSA) is 78.9 Å². The van der Waals surface area contributed by atoms with Crippen LogP contribution < -0.4 is 11.1 Å². The number of nitriles is 1. The number of hydrogen-bond donors (Lipinski definition) is 2. The largest absolute Gasteiger partial charge is 0.399 e. The highest BCUT2D eigenvalue weighted by Crippen LogP contribution is 2.05. The van der Waals surface area contributed by atoms with Gasteiger partial charge in [-0.05, 0) is 17.7 Å². The maximum atomic E-state index is 10.9. The van der Waals surface area contributed by atoms with E-state index in [1.807, 2.05) is 5.32 Å². The Balaban J connectivity index is 2.60. The molecule has 4 nitrogen and oxygen atoms in total. The van der Waals surface area contributed by atoms with Crippen LogP contribution in [0.15, 0.2) is 24.3 Å². The summed E-state index contributed by atoms with van der Waals surface area (Å²) in [5, 5.41) is 10.2. The minimum Gasteiger partial charge on any atom is -0.399 e. The second-order valence-electron chi connectivity index (χ2n) is 2.58. The first-order valence-electron chi connectivity index (χ1n) is 3.74. The molecule has 3 N–H and O–H groups in total. The summed E-state index contributed by atoms with van der Waals surface area (Å²) in [6, 6.07) is 6.95. The minimum atomic E-state index is -0.313. The molecule has 1 aromatic carbocycles. The van der Waals surface area contributed by atoms with Gasteiger partial charge < -0.3 is 5.73 Å². The molecule has 13 heavy (non-hydrogen) atoms. The number of rotatable bonds is 2. The Bertz CT molecular complexity index is 337. The first kappa shape index (κ1) is 9.07. The van der Waals surface area contributed by atoms with Gasteiger partial charge in [-0.25, -0.2) is 0 Å². The lowest BCUT2D eigenvalue weighted by atomic mass is 10.1. The molecule has 0 aliphatic rings. The second-order valence-corrected chi connectivity index (χ2v) is 2.58. The van der Waals surface area contributed by atoms with Crippen molar-refractivity contribution >= 4 is 11.6 Å². The molecule has 1 amide bonds. The molecule has 0 aromatic heterocycles. The molecule has 0 atom stereocenters. The first-order valence-corrected chi connectivity index (χ1v) is 3.74. The van der Waals surface area contributed by atoms with Crippen molar-refractivity contribution in [2.45, 2.75) is 6.42 Å². The highest BCUT2D eigenvalue weighted by molar-refractivity contribution is 5.79. The zero-order chi connectivity index (χ0) is 9.68. The highest BCUT2D eigenvalue weighted by Gasteiger charge is 2.00. The molecule has 0 spiro atoms. The SMILES string of the molecule is N#CNC(=O)Cc1ccc(N)cc1. The van der Waals surface area contributed by atoms with E-state index in [4.69, 9.17) is 11.0 Å². The quantitative estimate of drug-likeness (QED) is 0.388. The Morgan fingerprint density at radius 3 is 2.62 bits per heavy atom. The molecule has 66 valence electrons. The van der Waals surface area contributed by atoms with Crippen LogP contribution in [0.3, 0.4) is 0 Å². The number of hydrogen-bond acceptors (Lipinski definition) is 3. The number of amides is 1. The highest BCUT2D eigenvalue weighted by atomic mass is 16.1. The Morgan fingerprint density at radius 2 is 2.08 bits per heavy atom. The van der Waals surface area contributed by atoms with Crippen molar-refractivity contribution in [1.82, 2.24) is 5.32 Å². The van der Waals surface area contributed by atoms with Crippen LogP contribution in [0.25, 0.3) is 0 Å². The molecule has 4 heteroatoms. The molecule has 0 fully saturated rings. The molecule has 0 heterocycles. The fourth-order valence-electron chi connectivity index (χ4n) is 0.927. The summed E-state index contributed by atoms with van der Waals surface area (Å²) in [6.45, 7) is 0. The Hall–Kier alpha value is -2.02.